The number of carbonyl (C=O) groups is 1. The Balaban J connectivity index is 2.44. The summed E-state index contributed by atoms with van der Waals surface area (Å²) >= 11 is 0. The molecule has 2 rings (SSSR count). The fourth-order valence-electron chi connectivity index (χ4n) is 3.17. The smallest absolute Gasteiger partial charge is 0.308 e. The van der Waals surface area contributed by atoms with Crippen molar-refractivity contribution in [2.24, 2.45) is 0 Å². The Morgan fingerprint density at radius 3 is 2.39 bits per heavy atom. The average Bonchev–Trinajstić information content (AvgIpc) is 3.11. The summed E-state index contributed by atoms with van der Waals surface area (Å²) in [5.41, 5.74) is 3.80. The van der Waals surface area contributed by atoms with E-state index in [0.29, 0.717) is 30.0 Å². The van der Waals surface area contributed by atoms with Crippen LogP contribution in [0.5, 0.6) is 0 Å². The van der Waals surface area contributed by atoms with E-state index in [4.69, 9.17) is 9.47 Å². The molecule has 0 N–H and O–H groups in total. The number of allylic oxidation sites excluding steroid dienone is 1. The molecule has 0 unspecified atom stereocenters. The molecular formula is C25H33N3O3. The molecule has 1 aromatic heterocycles. The van der Waals surface area contributed by atoms with Crippen molar-refractivity contribution in [1.82, 2.24) is 9.78 Å². The minimum absolute atomic E-state index is 0.0129. The van der Waals surface area contributed by atoms with Gasteiger partial charge in [0, 0.05) is 13.0 Å². The lowest BCUT2D eigenvalue weighted by Gasteiger charge is -2.19. The molecule has 2 aromatic rings. The molecule has 0 spiro atoms. The molecule has 0 atom stereocenters. The number of hydrogen-bond donors (Lipinski definition) is 0. The van der Waals surface area contributed by atoms with Gasteiger partial charge in [0.1, 0.15) is 17.3 Å². The van der Waals surface area contributed by atoms with Crippen LogP contribution in [0.25, 0.3) is 11.3 Å². The first kappa shape index (κ1) is 24.2. The summed E-state index contributed by atoms with van der Waals surface area (Å²) in [7, 11) is 0. The molecule has 1 heterocycles. The third-order valence-corrected chi connectivity index (χ3v) is 4.97. The second-order valence-electron chi connectivity index (χ2n) is 8.51. The Bertz CT molecular complexity index is 957. The number of rotatable bonds is 9. The molecule has 6 heteroatoms. The number of aromatic nitrogens is 2. The van der Waals surface area contributed by atoms with Crippen molar-refractivity contribution < 1.29 is 14.3 Å². The van der Waals surface area contributed by atoms with Crippen LogP contribution in [0.4, 0.5) is 0 Å². The first-order valence-corrected chi connectivity index (χ1v) is 10.8. The van der Waals surface area contributed by atoms with Crippen molar-refractivity contribution in [3.8, 4) is 6.07 Å². The highest BCUT2D eigenvalue weighted by Gasteiger charge is 2.20. The van der Waals surface area contributed by atoms with Crippen molar-refractivity contribution in [2.75, 3.05) is 6.79 Å². The van der Waals surface area contributed by atoms with Gasteiger partial charge in [0.25, 0.3) is 0 Å². The van der Waals surface area contributed by atoms with E-state index in [-0.39, 0.29) is 18.2 Å². The third-order valence-electron chi connectivity index (χ3n) is 4.97. The predicted molar refractivity (Wildman–Crippen MR) is 122 cm³/mol. The summed E-state index contributed by atoms with van der Waals surface area (Å²) in [4.78, 5) is 11.9. The Hall–Kier alpha value is -3.07. The molecule has 0 bridgehead atoms. The maximum atomic E-state index is 11.9. The zero-order valence-corrected chi connectivity index (χ0v) is 19.5. The largest absolute Gasteiger partial charge is 0.454 e. The van der Waals surface area contributed by atoms with Gasteiger partial charge in [-0.1, -0.05) is 58.4 Å². The first-order chi connectivity index (χ1) is 14.7. The molecule has 166 valence electrons. The zero-order valence-electron chi connectivity index (χ0n) is 19.5. The molecule has 0 saturated heterocycles. The van der Waals surface area contributed by atoms with Crippen LogP contribution in [0.1, 0.15) is 76.4 Å². The van der Waals surface area contributed by atoms with Crippen LogP contribution in [-0.2, 0) is 26.2 Å². The summed E-state index contributed by atoms with van der Waals surface area (Å²) in [5.74, 6) is 0.0474. The number of carbonyl (C=O) groups excluding carboxylic acids is 1. The van der Waals surface area contributed by atoms with Gasteiger partial charge >= 0.3 is 5.97 Å². The molecule has 0 aliphatic heterocycles. The number of nitriles is 1. The molecule has 6 nitrogen and oxygen atoms in total. The van der Waals surface area contributed by atoms with Crippen molar-refractivity contribution in [3.63, 3.8) is 0 Å². The highest BCUT2D eigenvalue weighted by atomic mass is 16.7. The summed E-state index contributed by atoms with van der Waals surface area (Å²) in [6.07, 6.45) is 2.04. The lowest BCUT2D eigenvalue weighted by Crippen LogP contribution is -2.12. The Morgan fingerprint density at radius 1 is 1.16 bits per heavy atom. The Morgan fingerprint density at radius 2 is 1.84 bits per heavy atom. The van der Waals surface area contributed by atoms with Crippen LogP contribution in [-0.4, -0.2) is 22.5 Å². The van der Waals surface area contributed by atoms with Gasteiger partial charge in [0.15, 0.2) is 5.76 Å². The average molecular weight is 424 g/mol. The summed E-state index contributed by atoms with van der Waals surface area (Å²) in [5, 5.41) is 14.5. The van der Waals surface area contributed by atoms with E-state index >= 15 is 0 Å². The molecule has 0 amide bonds. The lowest BCUT2D eigenvalue weighted by molar-refractivity contribution is -0.151. The van der Waals surface area contributed by atoms with Crippen molar-refractivity contribution in [3.05, 3.63) is 52.8 Å². The van der Waals surface area contributed by atoms with Crippen LogP contribution in [0.2, 0.25) is 0 Å². The topological polar surface area (TPSA) is 77.1 Å². The minimum Gasteiger partial charge on any atom is -0.454 e. The number of aryl methyl sites for hydroxylation is 2. The number of ether oxygens (including phenoxy) is 2. The number of unbranched alkanes of at least 4 members (excludes halogenated alkanes) is 1. The van der Waals surface area contributed by atoms with E-state index in [2.05, 4.69) is 31.9 Å². The first-order valence-electron chi connectivity index (χ1n) is 10.8. The maximum Gasteiger partial charge on any atom is 0.308 e. The summed E-state index contributed by atoms with van der Waals surface area (Å²) < 4.78 is 12.9. The van der Waals surface area contributed by atoms with Crippen LogP contribution < -0.4 is 0 Å². The van der Waals surface area contributed by atoms with Crippen LogP contribution in [0, 0.1) is 18.3 Å². The monoisotopic (exact) mass is 423 g/mol. The van der Waals surface area contributed by atoms with Crippen molar-refractivity contribution in [1.29, 1.82) is 5.26 Å². The fraction of sp³-hybridized carbons (Fsp3) is 0.480. The number of hydrogen-bond acceptors (Lipinski definition) is 5. The summed E-state index contributed by atoms with van der Waals surface area (Å²) in [6, 6.07) is 12.1. The van der Waals surface area contributed by atoms with Crippen molar-refractivity contribution in [2.45, 2.75) is 72.8 Å². The Labute approximate surface area is 185 Å². The van der Waals surface area contributed by atoms with Gasteiger partial charge < -0.3 is 9.47 Å². The van der Waals surface area contributed by atoms with Gasteiger partial charge in [-0.25, -0.2) is 0 Å². The molecule has 0 radical (unpaired) electrons. The van der Waals surface area contributed by atoms with Crippen LogP contribution in [0.3, 0.4) is 0 Å². The summed E-state index contributed by atoms with van der Waals surface area (Å²) in [6.45, 7) is 12.7. The van der Waals surface area contributed by atoms with Crippen LogP contribution in [0.15, 0.2) is 30.3 Å². The molecule has 0 aliphatic carbocycles. The zero-order chi connectivity index (χ0) is 23.0. The fourth-order valence-corrected chi connectivity index (χ4v) is 3.17. The second-order valence-corrected chi connectivity index (χ2v) is 8.51. The number of nitrogens with zero attached hydrogens (tertiary/aromatic N) is 3. The molecular weight excluding hydrogens is 390 g/mol. The van der Waals surface area contributed by atoms with Crippen LogP contribution >= 0.6 is 0 Å². The maximum absolute atomic E-state index is 11.9. The number of benzene rings is 1. The normalized spacial score (nSPS) is 12.2. The second kappa shape index (κ2) is 10.8. The van der Waals surface area contributed by atoms with Crippen molar-refractivity contribution >= 4 is 17.3 Å². The van der Waals surface area contributed by atoms with Gasteiger partial charge in [-0.3, -0.25) is 9.48 Å². The highest BCUT2D eigenvalue weighted by Crippen LogP contribution is 2.30. The lowest BCUT2D eigenvalue weighted by atomic mass is 9.86. The van der Waals surface area contributed by atoms with Gasteiger partial charge in [-0.2, -0.15) is 10.4 Å². The van der Waals surface area contributed by atoms with E-state index in [0.717, 1.165) is 24.1 Å². The van der Waals surface area contributed by atoms with E-state index < -0.39 is 0 Å². The Kier molecular flexibility index (Phi) is 8.44. The minimum atomic E-state index is -0.311. The number of esters is 1. The van der Waals surface area contributed by atoms with Gasteiger partial charge in [-0.05, 0) is 42.9 Å². The van der Waals surface area contributed by atoms with E-state index in [9.17, 15) is 10.1 Å². The third kappa shape index (κ3) is 6.45. The molecule has 1 aromatic carbocycles. The van der Waals surface area contributed by atoms with E-state index in [1.807, 2.05) is 51.1 Å². The predicted octanol–water partition coefficient (Wildman–Crippen LogP) is 5.61. The highest BCUT2D eigenvalue weighted by molar-refractivity contribution is 5.94. The molecule has 0 saturated carbocycles. The van der Waals surface area contributed by atoms with Gasteiger partial charge in [0.05, 0.1) is 5.69 Å². The standard InChI is InChI=1S/C25H33N3O3/c1-7-9-10-23(29)30-17-31-24(22-15-18(3)27-28(22)8-2)21(16-26)19-11-13-20(14-12-19)25(4,5)6/h11-15H,7-10,17H2,1-6H3/b24-21-. The van der Waals surface area contributed by atoms with Gasteiger partial charge in [-0.15, -0.1) is 0 Å². The van der Waals surface area contributed by atoms with E-state index in [1.54, 1.807) is 4.68 Å². The quantitative estimate of drug-likeness (QED) is 0.227. The molecule has 0 aliphatic rings. The van der Waals surface area contributed by atoms with E-state index in [1.165, 1.54) is 5.56 Å². The van der Waals surface area contributed by atoms with Gasteiger partial charge in [0.2, 0.25) is 6.79 Å². The SMILES string of the molecule is CCCCC(=O)OCO/C(=C(/C#N)c1ccc(C(C)(C)C)cc1)c1cc(C)nn1CC. The molecule has 0 fully saturated rings. The molecule has 31 heavy (non-hydrogen) atoms.